The largest absolute Gasteiger partial charge is 0.476 e. The third-order valence-corrected chi connectivity index (χ3v) is 6.74. The van der Waals surface area contributed by atoms with E-state index in [2.05, 4.69) is 35.5 Å². The molecule has 1 amide bonds. The van der Waals surface area contributed by atoms with Crippen LogP contribution < -0.4 is 20.5 Å². The first-order chi connectivity index (χ1) is 20.6. The van der Waals surface area contributed by atoms with Gasteiger partial charge >= 0.3 is 0 Å². The fourth-order valence-corrected chi connectivity index (χ4v) is 4.61. The molecule has 0 aliphatic carbocycles. The first-order valence-electron chi connectivity index (χ1n) is 13.5. The third kappa shape index (κ3) is 5.84. The number of pyridine rings is 2. The van der Waals surface area contributed by atoms with Gasteiger partial charge in [-0.15, -0.1) is 0 Å². The maximum absolute atomic E-state index is 12.9. The zero-order chi connectivity index (χ0) is 28.9. The number of fused-ring (bicyclic) bond motifs is 1. The zero-order valence-corrected chi connectivity index (χ0v) is 22.9. The van der Waals surface area contributed by atoms with Crippen LogP contribution in [-0.2, 0) is 11.3 Å². The smallest absolute Gasteiger partial charge is 0.257 e. The highest BCUT2D eigenvalue weighted by atomic mass is 16.6. The second kappa shape index (κ2) is 12.2. The molecule has 1 saturated heterocycles. The maximum Gasteiger partial charge on any atom is 0.257 e. The molecular weight excluding hydrogens is 542 g/mol. The SMILES string of the molecule is CCn1c(-c2nonc2N)nc2c(Oc3cccc(NC(=O)c4ccc(OCCN5CCOCC5)nc4)c3)nccc21. The van der Waals surface area contributed by atoms with Crippen molar-refractivity contribution in [1.82, 2.24) is 34.7 Å². The van der Waals surface area contributed by atoms with Gasteiger partial charge in [0, 0.05) is 56.4 Å². The Labute approximate surface area is 240 Å². The van der Waals surface area contributed by atoms with Gasteiger partial charge in [0.05, 0.1) is 24.3 Å². The van der Waals surface area contributed by atoms with Gasteiger partial charge in [0.1, 0.15) is 12.4 Å². The molecule has 0 spiro atoms. The van der Waals surface area contributed by atoms with Gasteiger partial charge in [0.15, 0.2) is 22.9 Å². The van der Waals surface area contributed by atoms with Crippen molar-refractivity contribution >= 4 is 28.4 Å². The van der Waals surface area contributed by atoms with Crippen molar-refractivity contribution in [3.63, 3.8) is 0 Å². The van der Waals surface area contributed by atoms with Crippen LogP contribution in [0.4, 0.5) is 11.5 Å². The first kappa shape index (κ1) is 27.1. The number of anilines is 2. The monoisotopic (exact) mass is 571 g/mol. The summed E-state index contributed by atoms with van der Waals surface area (Å²) in [6.07, 6.45) is 3.12. The molecule has 1 aliphatic heterocycles. The average molecular weight is 572 g/mol. The van der Waals surface area contributed by atoms with E-state index in [1.807, 2.05) is 17.6 Å². The van der Waals surface area contributed by atoms with E-state index in [0.29, 0.717) is 53.1 Å². The molecule has 6 rings (SSSR count). The summed E-state index contributed by atoms with van der Waals surface area (Å²) in [4.78, 5) is 28.5. The lowest BCUT2D eigenvalue weighted by molar-refractivity contribution is 0.0320. The summed E-state index contributed by atoms with van der Waals surface area (Å²) < 4.78 is 23.9. The predicted octanol–water partition coefficient (Wildman–Crippen LogP) is 3.23. The van der Waals surface area contributed by atoms with Crippen LogP contribution in [0.1, 0.15) is 17.3 Å². The van der Waals surface area contributed by atoms with Gasteiger partial charge in [-0.05, 0) is 41.5 Å². The number of amides is 1. The van der Waals surface area contributed by atoms with Crippen LogP contribution in [0.25, 0.3) is 22.6 Å². The second-order valence-electron chi connectivity index (χ2n) is 9.43. The summed E-state index contributed by atoms with van der Waals surface area (Å²) >= 11 is 0. The quantitative estimate of drug-likeness (QED) is 0.251. The number of benzene rings is 1. The molecule has 0 atom stereocenters. The minimum atomic E-state index is -0.315. The number of rotatable bonds is 10. The molecule has 216 valence electrons. The molecular formula is C28H29N9O5. The van der Waals surface area contributed by atoms with E-state index in [1.165, 1.54) is 6.20 Å². The molecule has 4 aromatic heterocycles. The minimum absolute atomic E-state index is 0.139. The number of aromatic nitrogens is 6. The van der Waals surface area contributed by atoms with Crippen molar-refractivity contribution in [2.45, 2.75) is 13.5 Å². The van der Waals surface area contributed by atoms with Crippen molar-refractivity contribution in [3.8, 4) is 29.0 Å². The number of ether oxygens (including phenoxy) is 3. The molecule has 5 aromatic rings. The number of hydrogen-bond acceptors (Lipinski definition) is 12. The summed E-state index contributed by atoms with van der Waals surface area (Å²) in [6.45, 7) is 7.17. The lowest BCUT2D eigenvalue weighted by atomic mass is 10.2. The molecule has 14 heteroatoms. The number of hydrogen-bond donors (Lipinski definition) is 2. The van der Waals surface area contributed by atoms with Crippen LogP contribution >= 0.6 is 0 Å². The second-order valence-corrected chi connectivity index (χ2v) is 9.43. The van der Waals surface area contributed by atoms with E-state index in [9.17, 15) is 4.79 Å². The van der Waals surface area contributed by atoms with Crippen LogP contribution in [0, 0.1) is 0 Å². The van der Waals surface area contributed by atoms with Crippen LogP contribution in [0.15, 0.2) is 59.5 Å². The molecule has 0 saturated carbocycles. The Morgan fingerprint density at radius 2 is 2.00 bits per heavy atom. The molecule has 14 nitrogen and oxygen atoms in total. The van der Waals surface area contributed by atoms with Crippen LogP contribution in [0.5, 0.6) is 17.5 Å². The normalized spacial score (nSPS) is 13.7. The van der Waals surface area contributed by atoms with Gasteiger partial charge in [0.25, 0.3) is 5.91 Å². The first-order valence-corrected chi connectivity index (χ1v) is 13.5. The molecule has 1 fully saturated rings. The Morgan fingerprint density at radius 3 is 2.76 bits per heavy atom. The Kier molecular flexibility index (Phi) is 7.87. The van der Waals surface area contributed by atoms with Crippen LogP contribution in [0.2, 0.25) is 0 Å². The Bertz CT molecular complexity index is 1680. The zero-order valence-electron chi connectivity index (χ0n) is 22.9. The van der Waals surface area contributed by atoms with Gasteiger partial charge in [-0.3, -0.25) is 9.69 Å². The number of morpholine rings is 1. The Balaban J connectivity index is 1.12. The van der Waals surface area contributed by atoms with E-state index < -0.39 is 0 Å². The number of nitrogens with zero attached hydrogens (tertiary/aromatic N) is 7. The van der Waals surface area contributed by atoms with E-state index in [0.717, 1.165) is 38.4 Å². The van der Waals surface area contributed by atoms with E-state index >= 15 is 0 Å². The van der Waals surface area contributed by atoms with Crippen LogP contribution in [0.3, 0.4) is 0 Å². The van der Waals surface area contributed by atoms with Gasteiger partial charge in [-0.25, -0.2) is 19.6 Å². The van der Waals surface area contributed by atoms with Crippen molar-refractivity contribution in [1.29, 1.82) is 0 Å². The van der Waals surface area contributed by atoms with Gasteiger partial charge in [-0.1, -0.05) is 6.07 Å². The van der Waals surface area contributed by atoms with Gasteiger partial charge in [0.2, 0.25) is 11.8 Å². The predicted molar refractivity (Wildman–Crippen MR) is 152 cm³/mol. The summed E-state index contributed by atoms with van der Waals surface area (Å²) in [5, 5.41) is 10.4. The Hall–Kier alpha value is -5.08. The summed E-state index contributed by atoms with van der Waals surface area (Å²) in [6, 6.07) is 12.2. The van der Waals surface area contributed by atoms with Gasteiger partial charge < -0.3 is 29.8 Å². The summed E-state index contributed by atoms with van der Waals surface area (Å²) in [7, 11) is 0. The molecule has 0 unspecified atom stereocenters. The van der Waals surface area contributed by atoms with Crippen LogP contribution in [-0.4, -0.2) is 80.1 Å². The number of carbonyl (C=O) groups is 1. The van der Waals surface area contributed by atoms with Crippen molar-refractivity contribution in [2.24, 2.45) is 0 Å². The van der Waals surface area contributed by atoms with E-state index in [4.69, 9.17) is 24.6 Å². The molecule has 1 aromatic carbocycles. The minimum Gasteiger partial charge on any atom is -0.476 e. The average Bonchev–Trinajstić information content (AvgIpc) is 3.61. The fourth-order valence-electron chi connectivity index (χ4n) is 4.61. The number of nitrogen functional groups attached to an aromatic ring is 1. The number of nitrogens with one attached hydrogen (secondary N) is 1. The number of nitrogens with two attached hydrogens (primary N) is 1. The number of aryl methyl sites for hydroxylation is 1. The number of imidazole rings is 1. The van der Waals surface area contributed by atoms with E-state index in [-0.39, 0.29) is 17.6 Å². The van der Waals surface area contributed by atoms with Gasteiger partial charge in [-0.2, -0.15) is 0 Å². The molecule has 0 bridgehead atoms. The van der Waals surface area contributed by atoms with Crippen molar-refractivity contribution in [2.75, 3.05) is 50.5 Å². The molecule has 0 radical (unpaired) electrons. The fraction of sp³-hybridized carbons (Fsp3) is 0.286. The van der Waals surface area contributed by atoms with Crippen molar-refractivity contribution < 1.29 is 23.6 Å². The summed E-state index contributed by atoms with van der Waals surface area (Å²) in [5.74, 6) is 1.53. The Morgan fingerprint density at radius 1 is 1.12 bits per heavy atom. The highest BCUT2D eigenvalue weighted by Crippen LogP contribution is 2.33. The lowest BCUT2D eigenvalue weighted by Gasteiger charge is -2.26. The highest BCUT2D eigenvalue weighted by molar-refractivity contribution is 6.04. The van der Waals surface area contributed by atoms with E-state index in [1.54, 1.807) is 42.6 Å². The molecule has 5 heterocycles. The third-order valence-electron chi connectivity index (χ3n) is 6.74. The number of carbonyl (C=O) groups excluding carboxylic acids is 1. The summed E-state index contributed by atoms with van der Waals surface area (Å²) in [5.41, 5.74) is 8.49. The highest BCUT2D eigenvalue weighted by Gasteiger charge is 2.21. The maximum atomic E-state index is 12.9. The molecule has 42 heavy (non-hydrogen) atoms. The molecule has 1 aliphatic rings. The topological polar surface area (TPSA) is 169 Å². The standard InChI is InChI=1S/C28H29N9O5/c1-2-37-21-8-9-30-28(23(21)33-26(37)24-25(29)35-42-34-24)41-20-5-3-4-19(16-20)32-27(38)18-6-7-22(31-17-18)40-15-12-36-10-13-39-14-11-36/h3-9,16-17H,2,10-15H2,1H3,(H2,29,35)(H,32,38). The lowest BCUT2D eigenvalue weighted by Crippen LogP contribution is -2.38. The molecule has 3 N–H and O–H groups in total. The van der Waals surface area contributed by atoms with Crippen molar-refractivity contribution in [3.05, 3.63) is 60.4 Å².